The summed E-state index contributed by atoms with van der Waals surface area (Å²) in [7, 11) is 0. The highest BCUT2D eigenvalue weighted by Gasteiger charge is 2.27. The van der Waals surface area contributed by atoms with Crippen LogP contribution in [0.25, 0.3) is 5.69 Å². The molecule has 2 aromatic rings. The third-order valence-electron chi connectivity index (χ3n) is 3.19. The van der Waals surface area contributed by atoms with E-state index in [1.54, 1.807) is 28.9 Å². The number of aromatic nitrogens is 2. The molecule has 0 aliphatic heterocycles. The maximum atomic E-state index is 13.0. The van der Waals surface area contributed by atoms with Gasteiger partial charge in [0.1, 0.15) is 0 Å². The standard InChI is InChI=1S/C15H18F2N4O/c1-10-7-11(2)21(20-10)13-5-3-12(4-6-13)14(22)19-9-15(16,17)8-18/h3-7H,8-9,18H2,1-2H3,(H,19,22). The van der Waals surface area contributed by atoms with Crippen LogP contribution in [0.4, 0.5) is 8.78 Å². The van der Waals surface area contributed by atoms with Gasteiger partial charge in [-0.3, -0.25) is 4.79 Å². The quantitative estimate of drug-likeness (QED) is 0.885. The molecule has 5 nitrogen and oxygen atoms in total. The second-order valence-corrected chi connectivity index (χ2v) is 5.13. The van der Waals surface area contributed by atoms with Crippen molar-refractivity contribution in [1.29, 1.82) is 0 Å². The molecule has 0 atom stereocenters. The van der Waals surface area contributed by atoms with Crippen LogP contribution >= 0.6 is 0 Å². The Hall–Kier alpha value is -2.28. The number of halogens is 2. The highest BCUT2D eigenvalue weighted by molar-refractivity contribution is 5.94. The average molecular weight is 308 g/mol. The first-order chi connectivity index (χ1) is 10.3. The maximum Gasteiger partial charge on any atom is 0.277 e. The molecule has 1 aromatic heterocycles. The number of hydrogen-bond acceptors (Lipinski definition) is 3. The molecular weight excluding hydrogens is 290 g/mol. The van der Waals surface area contributed by atoms with Crippen LogP contribution in [0, 0.1) is 13.8 Å². The molecule has 2 rings (SSSR count). The summed E-state index contributed by atoms with van der Waals surface area (Å²) in [6.45, 7) is 2.24. The second-order valence-electron chi connectivity index (χ2n) is 5.13. The van der Waals surface area contributed by atoms with E-state index in [0.717, 1.165) is 17.1 Å². The molecule has 1 heterocycles. The lowest BCUT2D eigenvalue weighted by atomic mass is 10.2. The van der Waals surface area contributed by atoms with E-state index >= 15 is 0 Å². The summed E-state index contributed by atoms with van der Waals surface area (Å²) in [5.74, 6) is -3.66. The molecule has 1 amide bonds. The molecule has 1 aromatic carbocycles. The molecule has 7 heteroatoms. The summed E-state index contributed by atoms with van der Waals surface area (Å²) in [5.41, 5.74) is 7.89. The Morgan fingerprint density at radius 1 is 1.32 bits per heavy atom. The van der Waals surface area contributed by atoms with Gasteiger partial charge in [0.25, 0.3) is 11.8 Å². The molecule has 0 aliphatic rings. The smallest absolute Gasteiger partial charge is 0.277 e. The van der Waals surface area contributed by atoms with Crippen LogP contribution in [-0.2, 0) is 0 Å². The summed E-state index contributed by atoms with van der Waals surface area (Å²) in [6, 6.07) is 8.52. The number of nitrogens with one attached hydrogen (secondary N) is 1. The van der Waals surface area contributed by atoms with Crippen molar-refractivity contribution in [2.45, 2.75) is 19.8 Å². The lowest BCUT2D eigenvalue weighted by Gasteiger charge is -2.14. The molecule has 0 aliphatic carbocycles. The first-order valence-electron chi connectivity index (χ1n) is 6.82. The number of alkyl halides is 2. The van der Waals surface area contributed by atoms with Crippen molar-refractivity contribution in [2.24, 2.45) is 5.73 Å². The SMILES string of the molecule is Cc1cc(C)n(-c2ccc(C(=O)NCC(F)(F)CN)cc2)n1. The highest BCUT2D eigenvalue weighted by Crippen LogP contribution is 2.14. The van der Waals surface area contributed by atoms with Crippen molar-refractivity contribution >= 4 is 5.91 Å². The Morgan fingerprint density at radius 3 is 2.45 bits per heavy atom. The molecule has 0 saturated carbocycles. The maximum absolute atomic E-state index is 13.0. The second kappa shape index (κ2) is 6.23. The highest BCUT2D eigenvalue weighted by atomic mass is 19.3. The molecule has 22 heavy (non-hydrogen) atoms. The lowest BCUT2D eigenvalue weighted by molar-refractivity contribution is 0.0118. The number of benzene rings is 1. The summed E-state index contributed by atoms with van der Waals surface area (Å²) < 4.78 is 27.8. The zero-order chi connectivity index (χ0) is 16.3. The van der Waals surface area contributed by atoms with Crippen molar-refractivity contribution < 1.29 is 13.6 Å². The van der Waals surface area contributed by atoms with Gasteiger partial charge in [0.2, 0.25) is 0 Å². The third kappa shape index (κ3) is 3.67. The molecule has 0 spiro atoms. The van der Waals surface area contributed by atoms with E-state index in [1.165, 1.54) is 0 Å². The van der Waals surface area contributed by atoms with Crippen molar-refractivity contribution in [3.8, 4) is 5.69 Å². The van der Waals surface area contributed by atoms with Crippen LogP contribution in [0.2, 0.25) is 0 Å². The van der Waals surface area contributed by atoms with Gasteiger partial charge in [-0.05, 0) is 44.2 Å². The molecule has 3 N–H and O–H groups in total. The van der Waals surface area contributed by atoms with Crippen LogP contribution in [0.3, 0.4) is 0 Å². The van der Waals surface area contributed by atoms with Crippen molar-refractivity contribution in [3.63, 3.8) is 0 Å². The number of nitrogens with zero attached hydrogens (tertiary/aromatic N) is 2. The summed E-state index contributed by atoms with van der Waals surface area (Å²) in [6.07, 6.45) is 0. The minimum absolute atomic E-state index is 0.304. The number of amides is 1. The Morgan fingerprint density at radius 2 is 1.95 bits per heavy atom. The van der Waals surface area contributed by atoms with Crippen molar-refractivity contribution in [2.75, 3.05) is 13.1 Å². The van der Waals surface area contributed by atoms with Gasteiger partial charge < -0.3 is 11.1 Å². The first-order valence-corrected chi connectivity index (χ1v) is 6.82. The zero-order valence-electron chi connectivity index (χ0n) is 12.4. The minimum Gasteiger partial charge on any atom is -0.346 e. The van der Waals surface area contributed by atoms with Crippen LogP contribution in [0.5, 0.6) is 0 Å². The van der Waals surface area contributed by atoms with Gasteiger partial charge >= 0.3 is 0 Å². The Bertz CT molecular complexity index is 665. The van der Waals surface area contributed by atoms with Crippen LogP contribution in [0.15, 0.2) is 30.3 Å². The van der Waals surface area contributed by atoms with Gasteiger partial charge in [0, 0.05) is 11.3 Å². The van der Waals surface area contributed by atoms with E-state index in [4.69, 9.17) is 5.73 Å². The predicted octanol–water partition coefficient (Wildman–Crippen LogP) is 1.81. The van der Waals surface area contributed by atoms with Crippen molar-refractivity contribution in [3.05, 3.63) is 47.3 Å². The van der Waals surface area contributed by atoms with Gasteiger partial charge in [0.15, 0.2) is 0 Å². The largest absolute Gasteiger partial charge is 0.346 e. The zero-order valence-corrected chi connectivity index (χ0v) is 12.4. The van der Waals surface area contributed by atoms with Gasteiger partial charge in [-0.2, -0.15) is 5.10 Å². The number of nitrogens with two attached hydrogens (primary N) is 1. The van der Waals surface area contributed by atoms with E-state index in [2.05, 4.69) is 10.4 Å². The van der Waals surface area contributed by atoms with E-state index in [9.17, 15) is 13.6 Å². The van der Waals surface area contributed by atoms with Gasteiger partial charge in [-0.1, -0.05) is 0 Å². The number of aryl methyl sites for hydroxylation is 2. The fourth-order valence-electron chi connectivity index (χ4n) is 2.03. The monoisotopic (exact) mass is 308 g/mol. The lowest BCUT2D eigenvalue weighted by Crippen LogP contribution is -2.41. The van der Waals surface area contributed by atoms with Crippen LogP contribution < -0.4 is 11.1 Å². The van der Waals surface area contributed by atoms with Gasteiger partial charge in [-0.25, -0.2) is 13.5 Å². The van der Waals surface area contributed by atoms with Crippen LogP contribution in [-0.4, -0.2) is 34.7 Å². The number of rotatable bonds is 5. The molecular formula is C15H18F2N4O. The van der Waals surface area contributed by atoms with E-state index < -0.39 is 24.9 Å². The Kier molecular flexibility index (Phi) is 4.56. The fraction of sp³-hybridized carbons (Fsp3) is 0.333. The van der Waals surface area contributed by atoms with Crippen LogP contribution in [0.1, 0.15) is 21.7 Å². The van der Waals surface area contributed by atoms with E-state index in [1.807, 2.05) is 19.9 Å². The predicted molar refractivity (Wildman–Crippen MR) is 79.4 cm³/mol. The van der Waals surface area contributed by atoms with Gasteiger partial charge in [-0.15, -0.1) is 0 Å². The average Bonchev–Trinajstić information content (AvgIpc) is 2.84. The number of carbonyl (C=O) groups excluding carboxylic acids is 1. The molecule has 118 valence electrons. The van der Waals surface area contributed by atoms with Gasteiger partial charge in [0.05, 0.1) is 24.5 Å². The molecule has 0 saturated heterocycles. The van der Waals surface area contributed by atoms with Crippen molar-refractivity contribution in [1.82, 2.24) is 15.1 Å². The summed E-state index contributed by atoms with van der Waals surface area (Å²) in [4.78, 5) is 11.8. The van der Waals surface area contributed by atoms with E-state index in [0.29, 0.717) is 5.56 Å². The minimum atomic E-state index is -3.10. The first kappa shape index (κ1) is 16.1. The normalized spacial score (nSPS) is 11.5. The number of hydrogen-bond donors (Lipinski definition) is 2. The Labute approximate surface area is 127 Å². The topological polar surface area (TPSA) is 72.9 Å². The Balaban J connectivity index is 2.09. The molecule has 0 fully saturated rings. The molecule has 0 bridgehead atoms. The summed E-state index contributed by atoms with van der Waals surface area (Å²) >= 11 is 0. The molecule has 0 radical (unpaired) electrons. The molecule has 0 unspecified atom stereocenters. The fourth-order valence-corrected chi connectivity index (χ4v) is 2.03. The van der Waals surface area contributed by atoms with E-state index in [-0.39, 0.29) is 0 Å². The third-order valence-corrected chi connectivity index (χ3v) is 3.19. The summed E-state index contributed by atoms with van der Waals surface area (Å²) in [5, 5.41) is 6.51. The number of carbonyl (C=O) groups is 1.